The summed E-state index contributed by atoms with van der Waals surface area (Å²) >= 11 is 1.70. The van der Waals surface area contributed by atoms with Crippen LogP contribution in [0.1, 0.15) is 39.1 Å². The Labute approximate surface area is 133 Å². The van der Waals surface area contributed by atoms with Crippen molar-refractivity contribution < 1.29 is 9.59 Å². The van der Waals surface area contributed by atoms with Crippen LogP contribution < -0.4 is 5.32 Å². The summed E-state index contributed by atoms with van der Waals surface area (Å²) in [5.41, 5.74) is 2.36. The first-order valence-corrected chi connectivity index (χ1v) is 8.38. The molecule has 1 N–H and O–H groups in total. The lowest BCUT2D eigenvalue weighted by atomic mass is 10.1. The van der Waals surface area contributed by atoms with E-state index in [1.54, 1.807) is 35.6 Å². The Morgan fingerprint density at radius 1 is 1.00 bits per heavy atom. The monoisotopic (exact) mass is 314 g/mol. The molecule has 2 heterocycles. The van der Waals surface area contributed by atoms with Crippen LogP contribution in [0.2, 0.25) is 0 Å². The predicted molar refractivity (Wildman–Crippen MR) is 87.1 cm³/mol. The maximum Gasteiger partial charge on any atom is 0.261 e. The molecule has 0 spiro atoms. The molecule has 1 aliphatic rings. The molecule has 0 atom stereocenters. The molecule has 3 rings (SSSR count). The molecule has 1 aromatic carbocycles. The maximum atomic E-state index is 12.2. The van der Waals surface area contributed by atoms with Crippen LogP contribution in [0.5, 0.6) is 0 Å². The van der Waals surface area contributed by atoms with E-state index in [1.807, 2.05) is 0 Å². The van der Waals surface area contributed by atoms with Gasteiger partial charge in [0.15, 0.2) is 0 Å². The standard InChI is InChI=1S/C17H18N2O2S/c20-16-14-5-1-2-6-15(14)17(21)19(16)9-4-3-8-18-11-13-7-10-22-12-13/h1-2,5-7,10,12,18H,3-4,8-9,11H2. The topological polar surface area (TPSA) is 49.4 Å². The molecule has 5 heteroatoms. The van der Waals surface area contributed by atoms with Crippen LogP contribution in [-0.4, -0.2) is 29.8 Å². The first-order chi connectivity index (χ1) is 10.8. The molecular formula is C17H18N2O2S. The van der Waals surface area contributed by atoms with Crippen molar-refractivity contribution in [1.29, 1.82) is 0 Å². The quantitative estimate of drug-likeness (QED) is 0.631. The summed E-state index contributed by atoms with van der Waals surface area (Å²) in [5.74, 6) is -0.321. The number of imide groups is 1. The van der Waals surface area contributed by atoms with Crippen molar-refractivity contribution in [3.8, 4) is 0 Å². The number of fused-ring (bicyclic) bond motifs is 1. The van der Waals surface area contributed by atoms with Crippen LogP contribution >= 0.6 is 11.3 Å². The zero-order chi connectivity index (χ0) is 15.4. The first-order valence-electron chi connectivity index (χ1n) is 7.44. The summed E-state index contributed by atoms with van der Waals surface area (Å²) in [4.78, 5) is 25.7. The fourth-order valence-corrected chi connectivity index (χ4v) is 3.26. The SMILES string of the molecule is O=C1c2ccccc2C(=O)N1CCCCNCc1ccsc1. The van der Waals surface area contributed by atoms with Crippen LogP contribution in [0.25, 0.3) is 0 Å². The molecule has 2 amide bonds. The number of rotatable bonds is 7. The van der Waals surface area contributed by atoms with Crippen molar-refractivity contribution in [3.63, 3.8) is 0 Å². The minimum Gasteiger partial charge on any atom is -0.313 e. The molecule has 0 saturated heterocycles. The Kier molecular flexibility index (Phi) is 4.65. The molecule has 2 aromatic rings. The minimum absolute atomic E-state index is 0.160. The van der Waals surface area contributed by atoms with Gasteiger partial charge in [-0.25, -0.2) is 0 Å². The van der Waals surface area contributed by atoms with Crippen molar-refractivity contribution in [1.82, 2.24) is 10.2 Å². The summed E-state index contributed by atoms with van der Waals surface area (Å²) in [6.07, 6.45) is 1.76. The van der Waals surface area contributed by atoms with Gasteiger partial charge in [0.25, 0.3) is 11.8 Å². The average molecular weight is 314 g/mol. The van der Waals surface area contributed by atoms with Gasteiger partial charge in [-0.3, -0.25) is 14.5 Å². The summed E-state index contributed by atoms with van der Waals surface area (Å²) in [7, 11) is 0. The van der Waals surface area contributed by atoms with Gasteiger partial charge in [0, 0.05) is 13.1 Å². The molecule has 0 saturated carbocycles. The third-order valence-electron chi connectivity index (χ3n) is 3.77. The van der Waals surface area contributed by atoms with Gasteiger partial charge in [-0.2, -0.15) is 11.3 Å². The van der Waals surface area contributed by atoms with Crippen molar-refractivity contribution in [2.75, 3.05) is 13.1 Å². The highest BCUT2D eigenvalue weighted by molar-refractivity contribution is 7.07. The van der Waals surface area contributed by atoms with E-state index >= 15 is 0 Å². The highest BCUT2D eigenvalue weighted by atomic mass is 32.1. The number of benzene rings is 1. The van der Waals surface area contributed by atoms with Crippen molar-refractivity contribution >= 4 is 23.2 Å². The second kappa shape index (κ2) is 6.85. The number of carbonyl (C=O) groups excluding carboxylic acids is 2. The van der Waals surface area contributed by atoms with E-state index in [0.29, 0.717) is 17.7 Å². The molecule has 0 bridgehead atoms. The minimum atomic E-state index is -0.160. The van der Waals surface area contributed by atoms with Crippen LogP contribution in [-0.2, 0) is 6.54 Å². The molecule has 0 aliphatic carbocycles. The number of carbonyl (C=O) groups is 2. The van der Waals surface area contributed by atoms with Gasteiger partial charge in [-0.05, 0) is 53.9 Å². The molecule has 1 aliphatic heterocycles. The van der Waals surface area contributed by atoms with Crippen LogP contribution in [0, 0.1) is 0 Å². The van der Waals surface area contributed by atoms with Gasteiger partial charge in [0.1, 0.15) is 0 Å². The number of hydrogen-bond donors (Lipinski definition) is 1. The number of amides is 2. The largest absolute Gasteiger partial charge is 0.313 e. The average Bonchev–Trinajstić information content (AvgIpc) is 3.13. The molecule has 0 unspecified atom stereocenters. The van der Waals surface area contributed by atoms with Gasteiger partial charge in [0.2, 0.25) is 0 Å². The zero-order valence-electron chi connectivity index (χ0n) is 12.2. The number of thiophene rings is 1. The second-order valence-electron chi connectivity index (χ2n) is 5.32. The van der Waals surface area contributed by atoms with Gasteiger partial charge in [-0.15, -0.1) is 0 Å². The molecule has 0 fully saturated rings. The van der Waals surface area contributed by atoms with E-state index in [0.717, 1.165) is 25.9 Å². The third-order valence-corrected chi connectivity index (χ3v) is 4.50. The van der Waals surface area contributed by atoms with E-state index in [1.165, 1.54) is 10.5 Å². The Balaban J connectivity index is 1.41. The van der Waals surface area contributed by atoms with Gasteiger partial charge in [0.05, 0.1) is 11.1 Å². The normalized spacial score (nSPS) is 13.7. The Bertz CT molecular complexity index is 632. The lowest BCUT2D eigenvalue weighted by Crippen LogP contribution is -2.31. The van der Waals surface area contributed by atoms with Crippen LogP contribution in [0.4, 0.5) is 0 Å². The van der Waals surface area contributed by atoms with Crippen molar-refractivity contribution in [2.24, 2.45) is 0 Å². The molecule has 1 aromatic heterocycles. The lowest BCUT2D eigenvalue weighted by Gasteiger charge is -2.13. The summed E-state index contributed by atoms with van der Waals surface area (Å²) < 4.78 is 0. The smallest absolute Gasteiger partial charge is 0.261 e. The molecule has 22 heavy (non-hydrogen) atoms. The van der Waals surface area contributed by atoms with Crippen LogP contribution in [0.15, 0.2) is 41.1 Å². The predicted octanol–water partition coefficient (Wildman–Crippen LogP) is 2.91. The number of hydrogen-bond acceptors (Lipinski definition) is 4. The van der Waals surface area contributed by atoms with E-state index in [-0.39, 0.29) is 11.8 Å². The van der Waals surface area contributed by atoms with E-state index in [9.17, 15) is 9.59 Å². The third kappa shape index (κ3) is 3.10. The van der Waals surface area contributed by atoms with Crippen molar-refractivity contribution in [2.45, 2.75) is 19.4 Å². The summed E-state index contributed by atoms with van der Waals surface area (Å²) in [6, 6.07) is 9.14. The fourth-order valence-electron chi connectivity index (χ4n) is 2.59. The van der Waals surface area contributed by atoms with E-state index < -0.39 is 0 Å². The molecule has 0 radical (unpaired) electrons. The zero-order valence-corrected chi connectivity index (χ0v) is 13.1. The number of nitrogens with one attached hydrogen (secondary N) is 1. The van der Waals surface area contributed by atoms with E-state index in [4.69, 9.17) is 0 Å². The summed E-state index contributed by atoms with van der Waals surface area (Å²) in [5, 5.41) is 7.57. The van der Waals surface area contributed by atoms with Crippen LogP contribution in [0.3, 0.4) is 0 Å². The number of nitrogens with zero attached hydrogens (tertiary/aromatic N) is 1. The Morgan fingerprint density at radius 2 is 1.73 bits per heavy atom. The maximum absolute atomic E-state index is 12.2. The fraction of sp³-hybridized carbons (Fsp3) is 0.294. The molecular weight excluding hydrogens is 296 g/mol. The molecule has 114 valence electrons. The Hall–Kier alpha value is -1.98. The van der Waals surface area contributed by atoms with Crippen molar-refractivity contribution in [3.05, 3.63) is 57.8 Å². The van der Waals surface area contributed by atoms with Gasteiger partial charge < -0.3 is 5.32 Å². The highest BCUT2D eigenvalue weighted by Gasteiger charge is 2.34. The Morgan fingerprint density at radius 3 is 2.36 bits per heavy atom. The van der Waals surface area contributed by atoms with E-state index in [2.05, 4.69) is 22.1 Å². The number of unbranched alkanes of at least 4 members (excludes halogenated alkanes) is 1. The molecule has 4 nitrogen and oxygen atoms in total. The highest BCUT2D eigenvalue weighted by Crippen LogP contribution is 2.22. The summed E-state index contributed by atoms with van der Waals surface area (Å²) in [6.45, 7) is 2.25. The lowest BCUT2D eigenvalue weighted by molar-refractivity contribution is 0.0651. The van der Waals surface area contributed by atoms with Gasteiger partial charge >= 0.3 is 0 Å². The second-order valence-corrected chi connectivity index (χ2v) is 6.10. The first kappa shape index (κ1) is 14.9. The van der Waals surface area contributed by atoms with Gasteiger partial charge in [-0.1, -0.05) is 12.1 Å².